The number of carbonyl (C=O) groups is 2. The Morgan fingerprint density at radius 1 is 1.26 bits per heavy atom. The first-order chi connectivity index (χ1) is 11.2. The van der Waals surface area contributed by atoms with Gasteiger partial charge in [0.15, 0.2) is 0 Å². The molecule has 3 rings (SSSR count). The van der Waals surface area contributed by atoms with Crippen LogP contribution in [0.3, 0.4) is 0 Å². The molecular formula is C16H19N5O2. The summed E-state index contributed by atoms with van der Waals surface area (Å²) in [5.74, 6) is -0.117. The fraction of sp³-hybridized carbons (Fsp3) is 0.312. The number of hydrogen-bond acceptors (Lipinski definition) is 3. The van der Waals surface area contributed by atoms with Gasteiger partial charge in [-0.15, -0.1) is 0 Å². The lowest BCUT2D eigenvalue weighted by Crippen LogP contribution is -2.46. The molecule has 2 N–H and O–H groups in total. The Morgan fingerprint density at radius 3 is 2.70 bits per heavy atom. The third-order valence-electron chi connectivity index (χ3n) is 3.98. The lowest BCUT2D eigenvalue weighted by atomic mass is 10.2. The number of carbonyl (C=O) groups excluding carboxylic acids is 2. The average molecular weight is 313 g/mol. The maximum absolute atomic E-state index is 12.4. The van der Waals surface area contributed by atoms with Crippen molar-refractivity contribution in [2.24, 2.45) is 0 Å². The zero-order chi connectivity index (χ0) is 16.2. The fourth-order valence-electron chi connectivity index (χ4n) is 2.77. The molecule has 0 unspecified atom stereocenters. The normalized spacial score (nSPS) is 17.1. The van der Waals surface area contributed by atoms with Crippen molar-refractivity contribution in [3.05, 3.63) is 43.0 Å². The second-order valence-electron chi connectivity index (χ2n) is 5.41. The van der Waals surface area contributed by atoms with E-state index in [0.29, 0.717) is 18.7 Å². The van der Waals surface area contributed by atoms with Gasteiger partial charge >= 0.3 is 6.03 Å². The number of benzene rings is 1. The minimum atomic E-state index is -0.384. The molecule has 1 fully saturated rings. The first-order valence-electron chi connectivity index (χ1n) is 7.56. The van der Waals surface area contributed by atoms with E-state index in [9.17, 15) is 9.59 Å². The molecule has 0 aliphatic carbocycles. The SMILES string of the molecule is CNC(=O)[C@H]1CCCN1C(=O)Nc1ccc(-n2ccnc2)cc1. The number of anilines is 1. The van der Waals surface area contributed by atoms with Gasteiger partial charge in [0, 0.05) is 37.4 Å². The van der Waals surface area contributed by atoms with Crippen LogP contribution < -0.4 is 10.6 Å². The van der Waals surface area contributed by atoms with Gasteiger partial charge in [-0.25, -0.2) is 9.78 Å². The van der Waals surface area contributed by atoms with Crippen molar-refractivity contribution < 1.29 is 9.59 Å². The third kappa shape index (κ3) is 3.18. The molecule has 7 heteroatoms. The summed E-state index contributed by atoms with van der Waals surface area (Å²) in [6, 6.07) is 6.84. The van der Waals surface area contributed by atoms with Gasteiger partial charge in [0.25, 0.3) is 0 Å². The molecular weight excluding hydrogens is 294 g/mol. The van der Waals surface area contributed by atoms with E-state index >= 15 is 0 Å². The molecule has 1 aliphatic heterocycles. The third-order valence-corrected chi connectivity index (χ3v) is 3.98. The number of urea groups is 1. The molecule has 0 bridgehead atoms. The van der Waals surface area contributed by atoms with Gasteiger partial charge in [-0.2, -0.15) is 0 Å². The van der Waals surface area contributed by atoms with Gasteiger partial charge in [-0.3, -0.25) is 4.79 Å². The highest BCUT2D eigenvalue weighted by molar-refractivity contribution is 5.94. The predicted molar refractivity (Wildman–Crippen MR) is 86.4 cm³/mol. The standard InChI is InChI=1S/C16H19N5O2/c1-17-15(22)14-3-2-9-21(14)16(23)19-12-4-6-13(7-5-12)20-10-8-18-11-20/h4-8,10-11,14H,2-3,9H2,1H3,(H,17,22)(H,19,23)/t14-/m1/s1. The average Bonchev–Trinajstić information content (AvgIpc) is 3.26. The van der Waals surface area contributed by atoms with Crippen LogP contribution in [0.25, 0.3) is 5.69 Å². The predicted octanol–water partition coefficient (Wildman–Crippen LogP) is 1.61. The highest BCUT2D eigenvalue weighted by Crippen LogP contribution is 2.20. The quantitative estimate of drug-likeness (QED) is 0.903. The van der Waals surface area contributed by atoms with Crippen LogP contribution >= 0.6 is 0 Å². The van der Waals surface area contributed by atoms with Gasteiger partial charge in [-0.1, -0.05) is 0 Å². The van der Waals surface area contributed by atoms with E-state index in [4.69, 9.17) is 0 Å². The zero-order valence-corrected chi connectivity index (χ0v) is 12.9. The zero-order valence-electron chi connectivity index (χ0n) is 12.9. The summed E-state index contributed by atoms with van der Waals surface area (Å²) in [6.07, 6.45) is 6.82. The number of hydrogen-bond donors (Lipinski definition) is 2. The number of nitrogens with zero attached hydrogens (tertiary/aromatic N) is 3. The van der Waals surface area contributed by atoms with Crippen LogP contribution in [0.2, 0.25) is 0 Å². The monoisotopic (exact) mass is 313 g/mol. The summed E-state index contributed by atoms with van der Waals surface area (Å²) in [5.41, 5.74) is 1.66. The van der Waals surface area contributed by atoms with E-state index < -0.39 is 0 Å². The van der Waals surface area contributed by atoms with Gasteiger partial charge < -0.3 is 20.1 Å². The van der Waals surface area contributed by atoms with Crippen LogP contribution in [0, 0.1) is 0 Å². The Hall–Kier alpha value is -2.83. The van der Waals surface area contributed by atoms with E-state index in [2.05, 4.69) is 15.6 Å². The molecule has 2 aromatic rings. The van der Waals surface area contributed by atoms with Crippen LogP contribution in [-0.4, -0.2) is 46.0 Å². The van der Waals surface area contributed by atoms with Crippen LogP contribution in [0.5, 0.6) is 0 Å². The van der Waals surface area contributed by atoms with Gasteiger partial charge in [0.1, 0.15) is 6.04 Å². The van der Waals surface area contributed by atoms with Crippen LogP contribution in [-0.2, 0) is 4.79 Å². The molecule has 1 aromatic heterocycles. The summed E-state index contributed by atoms with van der Waals surface area (Å²) >= 11 is 0. The maximum Gasteiger partial charge on any atom is 0.322 e. The van der Waals surface area contributed by atoms with E-state index in [-0.39, 0.29) is 18.0 Å². The van der Waals surface area contributed by atoms with Gasteiger partial charge in [0.2, 0.25) is 5.91 Å². The molecule has 7 nitrogen and oxygen atoms in total. The Balaban J connectivity index is 1.67. The van der Waals surface area contributed by atoms with Gasteiger partial charge in [0.05, 0.1) is 6.33 Å². The number of likely N-dealkylation sites (tertiary alicyclic amines) is 1. The first kappa shape index (κ1) is 15.1. The summed E-state index contributed by atoms with van der Waals surface area (Å²) in [5, 5.41) is 5.46. The number of aromatic nitrogens is 2. The fourth-order valence-corrected chi connectivity index (χ4v) is 2.77. The van der Waals surface area contributed by atoms with Crippen LogP contribution in [0.15, 0.2) is 43.0 Å². The molecule has 1 aromatic carbocycles. The van der Waals surface area contributed by atoms with Crippen molar-refractivity contribution in [2.75, 3.05) is 18.9 Å². The smallest absolute Gasteiger partial charge is 0.322 e. The van der Waals surface area contributed by atoms with E-state index in [1.165, 1.54) is 0 Å². The van der Waals surface area contributed by atoms with Crippen LogP contribution in [0.1, 0.15) is 12.8 Å². The molecule has 0 spiro atoms. The number of likely N-dealkylation sites (N-methyl/N-ethyl adjacent to an activating group) is 1. The van der Waals surface area contributed by atoms with E-state index in [0.717, 1.165) is 12.1 Å². The highest BCUT2D eigenvalue weighted by atomic mass is 16.2. The Morgan fingerprint density at radius 2 is 2.04 bits per heavy atom. The second-order valence-corrected chi connectivity index (χ2v) is 5.41. The number of imidazole rings is 1. The molecule has 0 saturated carbocycles. The molecule has 1 atom stereocenters. The minimum absolute atomic E-state index is 0.117. The summed E-state index contributed by atoms with van der Waals surface area (Å²) < 4.78 is 1.88. The number of amides is 3. The Labute approximate surface area is 134 Å². The molecule has 23 heavy (non-hydrogen) atoms. The number of rotatable bonds is 3. The maximum atomic E-state index is 12.4. The Bertz CT molecular complexity index is 681. The Kier molecular flexibility index (Phi) is 4.27. The van der Waals surface area contributed by atoms with E-state index in [1.54, 1.807) is 24.5 Å². The van der Waals surface area contributed by atoms with E-state index in [1.807, 2.05) is 35.0 Å². The molecule has 120 valence electrons. The topological polar surface area (TPSA) is 79.3 Å². The molecule has 0 radical (unpaired) electrons. The molecule has 2 heterocycles. The molecule has 1 aliphatic rings. The highest BCUT2D eigenvalue weighted by Gasteiger charge is 2.33. The van der Waals surface area contributed by atoms with Crippen molar-refractivity contribution in [3.8, 4) is 5.69 Å². The minimum Gasteiger partial charge on any atom is -0.357 e. The lowest BCUT2D eigenvalue weighted by molar-refractivity contribution is -0.124. The second kappa shape index (κ2) is 6.51. The van der Waals surface area contributed by atoms with Crippen molar-refractivity contribution in [1.82, 2.24) is 19.8 Å². The molecule has 3 amide bonds. The van der Waals surface area contributed by atoms with Gasteiger partial charge in [-0.05, 0) is 37.1 Å². The first-order valence-corrected chi connectivity index (χ1v) is 7.56. The summed E-state index contributed by atoms with van der Waals surface area (Å²) in [7, 11) is 1.59. The summed E-state index contributed by atoms with van der Waals surface area (Å²) in [6.45, 7) is 0.594. The van der Waals surface area contributed by atoms with Crippen LogP contribution in [0.4, 0.5) is 10.5 Å². The molecule has 1 saturated heterocycles. The summed E-state index contributed by atoms with van der Waals surface area (Å²) in [4.78, 5) is 29.8. The largest absolute Gasteiger partial charge is 0.357 e. The van der Waals surface area contributed by atoms with Crippen molar-refractivity contribution in [3.63, 3.8) is 0 Å². The van der Waals surface area contributed by atoms with Crippen molar-refractivity contribution in [1.29, 1.82) is 0 Å². The van der Waals surface area contributed by atoms with Crippen molar-refractivity contribution in [2.45, 2.75) is 18.9 Å². The lowest BCUT2D eigenvalue weighted by Gasteiger charge is -2.23. The number of nitrogens with one attached hydrogen (secondary N) is 2. The van der Waals surface area contributed by atoms with Crippen molar-refractivity contribution >= 4 is 17.6 Å².